The average molecular weight is 236 g/mol. The van der Waals surface area contributed by atoms with Gasteiger partial charge in [-0.3, -0.25) is 0 Å². The van der Waals surface area contributed by atoms with Gasteiger partial charge in [0.15, 0.2) is 0 Å². The maximum Gasteiger partial charge on any atom is 0.320 e. The van der Waals surface area contributed by atoms with Crippen LogP contribution in [0.15, 0.2) is 22.6 Å². The molecule has 0 fully saturated rings. The van der Waals surface area contributed by atoms with Gasteiger partial charge in [-0.15, -0.1) is 5.10 Å². The Morgan fingerprint density at radius 2 is 2.18 bits per heavy atom. The monoisotopic (exact) mass is 236 g/mol. The molecule has 0 spiro atoms. The summed E-state index contributed by atoms with van der Waals surface area (Å²) < 4.78 is 18.2. The molecule has 6 heteroatoms. The molecule has 2 aromatic rings. The highest BCUT2D eigenvalue weighted by Gasteiger charge is 2.07. The quantitative estimate of drug-likeness (QED) is 0.849. The van der Waals surface area contributed by atoms with E-state index in [9.17, 15) is 4.39 Å². The van der Waals surface area contributed by atoms with Gasteiger partial charge in [0.05, 0.1) is 6.54 Å². The zero-order valence-corrected chi connectivity index (χ0v) is 9.62. The fraction of sp³-hybridized carbons (Fsp3) is 0.273. The second kappa shape index (κ2) is 4.92. The van der Waals surface area contributed by atoms with Crippen molar-refractivity contribution < 1.29 is 8.81 Å². The molecule has 0 radical (unpaired) electrons. The Hall–Kier alpha value is -1.95. The Morgan fingerprint density at radius 3 is 2.88 bits per heavy atom. The fourth-order valence-corrected chi connectivity index (χ4v) is 1.41. The van der Waals surface area contributed by atoms with E-state index in [-0.39, 0.29) is 5.82 Å². The highest BCUT2D eigenvalue weighted by atomic mass is 19.1. The van der Waals surface area contributed by atoms with E-state index in [1.165, 1.54) is 12.1 Å². The normalized spacial score (nSPS) is 10.5. The van der Waals surface area contributed by atoms with Crippen molar-refractivity contribution >= 4 is 11.7 Å². The number of aromatic nitrogens is 2. The SMILES string of the molecule is CNCc1nnc(Nc2ccc(F)cc2C)o1. The van der Waals surface area contributed by atoms with Crippen molar-refractivity contribution in [3.63, 3.8) is 0 Å². The van der Waals surface area contributed by atoms with Gasteiger partial charge in [0.2, 0.25) is 5.89 Å². The second-order valence-corrected chi connectivity index (χ2v) is 3.62. The third kappa shape index (κ3) is 2.79. The lowest BCUT2D eigenvalue weighted by atomic mass is 10.2. The summed E-state index contributed by atoms with van der Waals surface area (Å²) in [4.78, 5) is 0. The fourth-order valence-electron chi connectivity index (χ4n) is 1.41. The molecule has 90 valence electrons. The van der Waals surface area contributed by atoms with Crippen LogP contribution in [-0.2, 0) is 6.54 Å². The van der Waals surface area contributed by atoms with E-state index < -0.39 is 0 Å². The zero-order valence-electron chi connectivity index (χ0n) is 9.62. The molecule has 0 aliphatic carbocycles. The second-order valence-electron chi connectivity index (χ2n) is 3.62. The highest BCUT2D eigenvalue weighted by Crippen LogP contribution is 2.20. The Labute approximate surface area is 98.1 Å². The van der Waals surface area contributed by atoms with Gasteiger partial charge in [-0.05, 0) is 37.7 Å². The molecule has 0 saturated carbocycles. The maximum atomic E-state index is 12.9. The first kappa shape index (κ1) is 11.5. The van der Waals surface area contributed by atoms with Crippen molar-refractivity contribution in [1.82, 2.24) is 15.5 Å². The van der Waals surface area contributed by atoms with E-state index >= 15 is 0 Å². The number of nitrogens with zero attached hydrogens (tertiary/aromatic N) is 2. The molecule has 1 heterocycles. The number of hydrogen-bond acceptors (Lipinski definition) is 5. The number of anilines is 2. The van der Waals surface area contributed by atoms with Gasteiger partial charge in [-0.1, -0.05) is 5.10 Å². The predicted octanol–water partition coefficient (Wildman–Crippen LogP) is 1.98. The maximum absolute atomic E-state index is 12.9. The van der Waals surface area contributed by atoms with Crippen molar-refractivity contribution in [3.05, 3.63) is 35.5 Å². The average Bonchev–Trinajstić information content (AvgIpc) is 2.71. The van der Waals surface area contributed by atoms with Gasteiger partial charge in [-0.25, -0.2) is 4.39 Å². The molecule has 1 aromatic carbocycles. The summed E-state index contributed by atoms with van der Waals surface area (Å²) in [7, 11) is 1.79. The van der Waals surface area contributed by atoms with E-state index in [0.717, 1.165) is 11.3 Å². The summed E-state index contributed by atoms with van der Waals surface area (Å²) in [6.45, 7) is 2.31. The lowest BCUT2D eigenvalue weighted by Gasteiger charge is -2.04. The molecule has 0 amide bonds. The minimum atomic E-state index is -0.269. The van der Waals surface area contributed by atoms with Crippen LogP contribution < -0.4 is 10.6 Å². The third-order valence-electron chi connectivity index (χ3n) is 2.22. The number of hydrogen-bond donors (Lipinski definition) is 2. The molecular weight excluding hydrogens is 223 g/mol. The number of rotatable bonds is 4. The summed E-state index contributed by atoms with van der Waals surface area (Å²) in [5.41, 5.74) is 1.52. The van der Waals surface area contributed by atoms with Crippen molar-refractivity contribution in [2.75, 3.05) is 12.4 Å². The molecule has 0 atom stereocenters. The Balaban J connectivity index is 2.13. The van der Waals surface area contributed by atoms with Gasteiger partial charge >= 0.3 is 6.01 Å². The van der Waals surface area contributed by atoms with Gasteiger partial charge in [0, 0.05) is 5.69 Å². The van der Waals surface area contributed by atoms with E-state index in [4.69, 9.17) is 4.42 Å². The first-order valence-corrected chi connectivity index (χ1v) is 5.19. The summed E-state index contributed by atoms with van der Waals surface area (Å²) in [5.74, 6) is 0.226. The number of halogens is 1. The van der Waals surface area contributed by atoms with E-state index in [1.807, 2.05) is 0 Å². The van der Waals surface area contributed by atoms with Gasteiger partial charge in [0.1, 0.15) is 5.82 Å². The first-order valence-electron chi connectivity index (χ1n) is 5.19. The number of aryl methyl sites for hydroxylation is 1. The minimum Gasteiger partial charge on any atom is -0.406 e. The molecule has 2 N–H and O–H groups in total. The molecular formula is C11H13FN4O. The molecule has 17 heavy (non-hydrogen) atoms. The Kier molecular flexibility index (Phi) is 3.34. The van der Waals surface area contributed by atoms with Crippen molar-refractivity contribution in [2.24, 2.45) is 0 Å². The summed E-state index contributed by atoms with van der Waals surface area (Å²) >= 11 is 0. The molecule has 0 saturated heterocycles. The van der Waals surface area contributed by atoms with Crippen LogP contribution in [0.3, 0.4) is 0 Å². The number of benzene rings is 1. The lowest BCUT2D eigenvalue weighted by molar-refractivity contribution is 0.493. The van der Waals surface area contributed by atoms with Crippen molar-refractivity contribution in [1.29, 1.82) is 0 Å². The molecule has 0 bridgehead atoms. The van der Waals surface area contributed by atoms with E-state index in [1.54, 1.807) is 20.0 Å². The first-order chi connectivity index (χ1) is 8.19. The number of nitrogens with one attached hydrogen (secondary N) is 2. The summed E-state index contributed by atoms with van der Waals surface area (Å²) in [6.07, 6.45) is 0. The molecule has 1 aromatic heterocycles. The van der Waals surface area contributed by atoms with Crippen molar-refractivity contribution in [3.8, 4) is 0 Å². The molecule has 5 nitrogen and oxygen atoms in total. The lowest BCUT2D eigenvalue weighted by Crippen LogP contribution is -2.04. The molecule has 0 unspecified atom stereocenters. The predicted molar refractivity (Wildman–Crippen MR) is 61.5 cm³/mol. The Morgan fingerprint density at radius 1 is 1.35 bits per heavy atom. The van der Waals surface area contributed by atoms with Crippen LogP contribution in [0.4, 0.5) is 16.1 Å². The largest absolute Gasteiger partial charge is 0.406 e. The third-order valence-corrected chi connectivity index (χ3v) is 2.22. The van der Waals surface area contributed by atoms with Crippen molar-refractivity contribution in [2.45, 2.75) is 13.5 Å². The van der Waals surface area contributed by atoms with Crippen LogP contribution in [-0.4, -0.2) is 17.2 Å². The van der Waals surface area contributed by atoms with Crippen LogP contribution in [0.25, 0.3) is 0 Å². The van der Waals surface area contributed by atoms with Gasteiger partial charge < -0.3 is 15.1 Å². The standard InChI is InChI=1S/C11H13FN4O/c1-7-5-8(12)3-4-9(7)14-11-16-15-10(17-11)6-13-2/h3-5,13H,6H2,1-2H3,(H,14,16). The zero-order chi connectivity index (χ0) is 12.3. The van der Waals surface area contributed by atoms with Gasteiger partial charge in [0.25, 0.3) is 0 Å². The molecule has 0 aliphatic rings. The van der Waals surface area contributed by atoms with Crippen LogP contribution in [0.5, 0.6) is 0 Å². The summed E-state index contributed by atoms with van der Waals surface area (Å²) in [5, 5.41) is 13.5. The molecule has 0 aliphatic heterocycles. The van der Waals surface area contributed by atoms with Crippen LogP contribution in [0.2, 0.25) is 0 Å². The summed E-state index contributed by atoms with van der Waals surface area (Å²) in [6, 6.07) is 4.74. The van der Waals surface area contributed by atoms with Crippen LogP contribution in [0.1, 0.15) is 11.5 Å². The van der Waals surface area contributed by atoms with Crippen LogP contribution in [0, 0.1) is 12.7 Å². The minimum absolute atomic E-state index is 0.269. The topological polar surface area (TPSA) is 63.0 Å². The van der Waals surface area contributed by atoms with E-state index in [0.29, 0.717) is 18.5 Å². The van der Waals surface area contributed by atoms with E-state index in [2.05, 4.69) is 20.8 Å². The highest BCUT2D eigenvalue weighted by molar-refractivity contribution is 5.56. The van der Waals surface area contributed by atoms with Gasteiger partial charge in [-0.2, -0.15) is 0 Å². The smallest absolute Gasteiger partial charge is 0.320 e. The van der Waals surface area contributed by atoms with Crippen LogP contribution >= 0.6 is 0 Å². The molecule has 2 rings (SSSR count). The Bertz CT molecular complexity index is 512.